The van der Waals surface area contributed by atoms with Crippen molar-refractivity contribution in [1.82, 2.24) is 9.21 Å². The van der Waals surface area contributed by atoms with Crippen LogP contribution in [0.25, 0.3) is 0 Å². The summed E-state index contributed by atoms with van der Waals surface area (Å²) in [6.07, 6.45) is 0.521. The van der Waals surface area contributed by atoms with Gasteiger partial charge in [-0.15, -0.1) is 0 Å². The first-order valence-corrected chi connectivity index (χ1v) is 9.86. The molecular formula is C15H20Cl2N2O4S. The number of amides is 1. The van der Waals surface area contributed by atoms with Gasteiger partial charge in [0.2, 0.25) is 10.0 Å². The van der Waals surface area contributed by atoms with Gasteiger partial charge in [-0.3, -0.25) is 4.79 Å². The maximum absolute atomic E-state index is 12.6. The fourth-order valence-electron chi connectivity index (χ4n) is 2.55. The third-order valence-corrected chi connectivity index (χ3v) is 6.74. The minimum Gasteiger partial charge on any atom is -0.506 e. The summed E-state index contributed by atoms with van der Waals surface area (Å²) in [5, 5.41) is 9.75. The number of nitrogens with zero attached hydrogens (tertiary/aromatic N) is 2. The van der Waals surface area contributed by atoms with Gasteiger partial charge in [-0.1, -0.05) is 23.2 Å². The number of halogens is 2. The molecule has 6 nitrogen and oxygen atoms in total. The number of phenolic OH excluding ortho intramolecular Hbond substituents is 1. The van der Waals surface area contributed by atoms with Crippen molar-refractivity contribution in [2.45, 2.75) is 25.5 Å². The lowest BCUT2D eigenvalue weighted by molar-refractivity contribution is 0.0761. The summed E-state index contributed by atoms with van der Waals surface area (Å²) in [7, 11) is -3.35. The van der Waals surface area contributed by atoms with E-state index in [9.17, 15) is 18.3 Å². The molecule has 0 atom stereocenters. The van der Waals surface area contributed by atoms with Crippen LogP contribution in [0.1, 0.15) is 30.6 Å². The van der Waals surface area contributed by atoms with Crippen LogP contribution < -0.4 is 0 Å². The molecule has 134 valence electrons. The van der Waals surface area contributed by atoms with Crippen molar-refractivity contribution in [2.75, 3.05) is 26.2 Å². The summed E-state index contributed by atoms with van der Waals surface area (Å²) in [5.74, 6) is -0.734. The molecule has 9 heteroatoms. The highest BCUT2D eigenvalue weighted by Gasteiger charge is 2.30. The number of aromatic hydroxyl groups is 1. The number of benzene rings is 1. The van der Waals surface area contributed by atoms with Crippen molar-refractivity contribution in [3.05, 3.63) is 27.7 Å². The lowest BCUT2D eigenvalue weighted by Gasteiger charge is -2.23. The Balaban J connectivity index is 2.19. The zero-order valence-electron chi connectivity index (χ0n) is 13.5. The molecule has 1 aliphatic rings. The van der Waals surface area contributed by atoms with E-state index in [-0.39, 0.29) is 34.4 Å². The van der Waals surface area contributed by atoms with Gasteiger partial charge in [0.1, 0.15) is 5.75 Å². The lowest BCUT2D eigenvalue weighted by atomic mass is 10.1. The zero-order valence-corrected chi connectivity index (χ0v) is 15.8. The van der Waals surface area contributed by atoms with Crippen molar-refractivity contribution in [3.63, 3.8) is 0 Å². The van der Waals surface area contributed by atoms with E-state index in [0.29, 0.717) is 19.5 Å². The molecule has 1 amide bonds. The number of sulfonamides is 1. The van der Waals surface area contributed by atoms with Crippen molar-refractivity contribution >= 4 is 39.1 Å². The summed E-state index contributed by atoms with van der Waals surface area (Å²) in [5.41, 5.74) is 0.0210. The highest BCUT2D eigenvalue weighted by molar-refractivity contribution is 7.89. The van der Waals surface area contributed by atoms with E-state index in [2.05, 4.69) is 0 Å². The van der Waals surface area contributed by atoms with Crippen molar-refractivity contribution in [1.29, 1.82) is 0 Å². The van der Waals surface area contributed by atoms with Gasteiger partial charge in [0, 0.05) is 31.2 Å². The predicted octanol–water partition coefficient (Wildman–Crippen LogP) is 2.59. The Kier molecular flexibility index (Phi) is 6.01. The van der Waals surface area contributed by atoms with E-state index in [1.54, 1.807) is 13.8 Å². The van der Waals surface area contributed by atoms with Gasteiger partial charge < -0.3 is 10.0 Å². The zero-order chi connectivity index (χ0) is 18.1. The van der Waals surface area contributed by atoms with Crippen LogP contribution in [0.5, 0.6) is 5.75 Å². The van der Waals surface area contributed by atoms with Crippen LogP contribution in [-0.4, -0.2) is 60.1 Å². The topological polar surface area (TPSA) is 77.9 Å². The minimum atomic E-state index is -3.35. The van der Waals surface area contributed by atoms with Crippen molar-refractivity contribution in [2.24, 2.45) is 0 Å². The fraction of sp³-hybridized carbons (Fsp3) is 0.533. The molecule has 2 rings (SSSR count). The molecule has 0 bridgehead atoms. The van der Waals surface area contributed by atoms with E-state index in [0.717, 1.165) is 0 Å². The van der Waals surface area contributed by atoms with Gasteiger partial charge in [0.15, 0.2) is 0 Å². The van der Waals surface area contributed by atoms with Gasteiger partial charge in [-0.05, 0) is 32.4 Å². The number of phenols is 1. The number of carbonyl (C=O) groups is 1. The van der Waals surface area contributed by atoms with Crippen LogP contribution in [0, 0.1) is 0 Å². The van der Waals surface area contributed by atoms with Gasteiger partial charge in [0.05, 0.1) is 15.8 Å². The van der Waals surface area contributed by atoms with E-state index in [1.165, 1.54) is 21.3 Å². The Morgan fingerprint density at radius 2 is 1.83 bits per heavy atom. The normalized spacial score (nSPS) is 17.1. The SMILES string of the molecule is CC(C)S(=O)(=O)N1CCCN(C(=O)c2cc(Cl)cc(Cl)c2O)CC1. The third kappa shape index (κ3) is 3.96. The quantitative estimate of drug-likeness (QED) is 0.854. The maximum atomic E-state index is 12.6. The van der Waals surface area contributed by atoms with Gasteiger partial charge in [-0.2, -0.15) is 4.31 Å². The molecule has 0 aliphatic carbocycles. The highest BCUT2D eigenvalue weighted by Crippen LogP contribution is 2.32. The standard InChI is InChI=1S/C15H20Cl2N2O4S/c1-10(2)24(22,23)19-5-3-4-18(6-7-19)15(21)12-8-11(16)9-13(17)14(12)20/h8-10,20H,3-7H2,1-2H3. The number of hydrogen-bond donors (Lipinski definition) is 1. The number of carbonyl (C=O) groups excluding carboxylic acids is 1. The Labute approximate surface area is 152 Å². The second kappa shape index (κ2) is 7.47. The van der Waals surface area contributed by atoms with Crippen molar-refractivity contribution < 1.29 is 18.3 Å². The average molecular weight is 395 g/mol. The molecule has 1 saturated heterocycles. The molecule has 1 aliphatic heterocycles. The molecular weight excluding hydrogens is 375 g/mol. The second-order valence-corrected chi connectivity index (χ2v) is 9.26. The smallest absolute Gasteiger partial charge is 0.257 e. The number of hydrogen-bond acceptors (Lipinski definition) is 4. The molecule has 0 saturated carbocycles. The summed E-state index contributed by atoms with van der Waals surface area (Å²) in [6.45, 7) is 4.50. The molecule has 1 aromatic rings. The Morgan fingerprint density at radius 1 is 1.17 bits per heavy atom. The maximum Gasteiger partial charge on any atom is 0.257 e. The number of rotatable bonds is 3. The third-order valence-electron chi connectivity index (χ3n) is 3.96. The van der Waals surface area contributed by atoms with Crippen LogP contribution in [-0.2, 0) is 10.0 Å². The Bertz CT molecular complexity index is 737. The van der Waals surface area contributed by atoms with E-state index >= 15 is 0 Å². The summed E-state index contributed by atoms with van der Waals surface area (Å²) in [4.78, 5) is 14.2. The fourth-order valence-corrected chi connectivity index (χ4v) is 4.36. The Morgan fingerprint density at radius 3 is 2.46 bits per heavy atom. The highest BCUT2D eigenvalue weighted by atomic mass is 35.5. The van der Waals surface area contributed by atoms with Crippen LogP contribution in [0.15, 0.2) is 12.1 Å². The monoisotopic (exact) mass is 394 g/mol. The molecule has 1 fully saturated rings. The van der Waals surface area contributed by atoms with Crippen LogP contribution in [0.2, 0.25) is 10.0 Å². The van der Waals surface area contributed by atoms with Crippen LogP contribution >= 0.6 is 23.2 Å². The van der Waals surface area contributed by atoms with Crippen molar-refractivity contribution in [3.8, 4) is 5.75 Å². The summed E-state index contributed by atoms with van der Waals surface area (Å²) < 4.78 is 26.0. The van der Waals surface area contributed by atoms with Crippen LogP contribution in [0.4, 0.5) is 0 Å². The Hall–Kier alpha value is -1.02. The molecule has 1 N–H and O–H groups in total. The minimum absolute atomic E-state index is 0.00434. The lowest BCUT2D eigenvalue weighted by Crippen LogP contribution is -2.40. The van der Waals surface area contributed by atoms with Gasteiger partial charge >= 0.3 is 0 Å². The molecule has 0 aromatic heterocycles. The first-order valence-electron chi connectivity index (χ1n) is 7.61. The summed E-state index contributed by atoms with van der Waals surface area (Å²) >= 11 is 11.8. The molecule has 0 radical (unpaired) electrons. The van der Waals surface area contributed by atoms with E-state index in [4.69, 9.17) is 23.2 Å². The summed E-state index contributed by atoms with van der Waals surface area (Å²) in [6, 6.07) is 2.72. The average Bonchev–Trinajstić information content (AvgIpc) is 2.76. The first kappa shape index (κ1) is 19.3. The van der Waals surface area contributed by atoms with E-state index < -0.39 is 21.2 Å². The second-order valence-electron chi connectivity index (χ2n) is 5.92. The molecule has 1 heterocycles. The van der Waals surface area contributed by atoms with Crippen LogP contribution in [0.3, 0.4) is 0 Å². The van der Waals surface area contributed by atoms with Gasteiger partial charge in [0.25, 0.3) is 5.91 Å². The largest absolute Gasteiger partial charge is 0.506 e. The molecule has 0 spiro atoms. The molecule has 1 aromatic carbocycles. The van der Waals surface area contributed by atoms with E-state index in [1.807, 2.05) is 0 Å². The first-order chi connectivity index (χ1) is 11.1. The molecule has 24 heavy (non-hydrogen) atoms. The predicted molar refractivity (Wildman–Crippen MR) is 94.3 cm³/mol. The van der Waals surface area contributed by atoms with Gasteiger partial charge in [-0.25, -0.2) is 8.42 Å². The molecule has 0 unspecified atom stereocenters.